The van der Waals surface area contributed by atoms with Crippen molar-refractivity contribution in [3.8, 4) is 0 Å². The van der Waals surface area contributed by atoms with Crippen LogP contribution in [0.5, 0.6) is 0 Å². The minimum absolute atomic E-state index is 0.114. The Bertz CT molecular complexity index is 850. The van der Waals surface area contributed by atoms with E-state index in [0.29, 0.717) is 58.5 Å². The summed E-state index contributed by atoms with van der Waals surface area (Å²) in [6.07, 6.45) is 31.7. The number of ketones is 1. The van der Waals surface area contributed by atoms with Gasteiger partial charge in [0.2, 0.25) is 5.91 Å². The second-order valence-electron chi connectivity index (χ2n) is 15.9. The maximum absolute atomic E-state index is 14.8. The number of aliphatic carboxylic acids is 1. The summed E-state index contributed by atoms with van der Waals surface area (Å²) in [6, 6.07) is -0.664. The molecule has 0 aliphatic heterocycles. The van der Waals surface area contributed by atoms with Crippen LogP contribution < -0.4 is 27.8 Å². The topological polar surface area (TPSA) is 177 Å². The molecule has 0 rings (SSSR count). The number of Topliss-reactive ketones (excluding diaryl/α,β-unsaturated/α-hetero) is 1. The van der Waals surface area contributed by atoms with E-state index in [2.05, 4.69) is 24.5 Å². The summed E-state index contributed by atoms with van der Waals surface area (Å²) in [7, 11) is 0. The Balaban J connectivity index is 5.73. The average molecular weight is 767 g/mol. The summed E-state index contributed by atoms with van der Waals surface area (Å²) in [4.78, 5) is 42.4. The second-order valence-corrected chi connectivity index (χ2v) is 15.9. The number of nitrogens with zero attached hydrogens (tertiary/aromatic N) is 1. The monoisotopic (exact) mass is 767 g/mol. The van der Waals surface area contributed by atoms with Gasteiger partial charge in [-0.05, 0) is 90.8 Å². The Labute approximate surface area is 333 Å². The van der Waals surface area contributed by atoms with Crippen LogP contribution in [0.4, 0.5) is 0 Å². The van der Waals surface area contributed by atoms with E-state index in [1.54, 1.807) is 0 Å². The van der Waals surface area contributed by atoms with Gasteiger partial charge < -0.3 is 32.9 Å². The lowest BCUT2D eigenvalue weighted by Gasteiger charge is -2.41. The Hall–Kier alpha value is -1.59. The van der Waals surface area contributed by atoms with Crippen molar-refractivity contribution in [1.82, 2.24) is 15.5 Å². The van der Waals surface area contributed by atoms with Crippen LogP contribution in [0.1, 0.15) is 206 Å². The number of nitrogens with one attached hydrogen (secondary N) is 2. The predicted octanol–water partition coefficient (Wildman–Crippen LogP) is 8.37. The Morgan fingerprint density at radius 2 is 0.963 bits per heavy atom. The van der Waals surface area contributed by atoms with Crippen LogP contribution in [0.3, 0.4) is 0 Å². The second kappa shape index (κ2) is 38.3. The number of nitrogens with two attached hydrogens (primary N) is 3. The summed E-state index contributed by atoms with van der Waals surface area (Å²) in [5.41, 5.74) is 15.3. The van der Waals surface area contributed by atoms with E-state index >= 15 is 0 Å². The molecule has 0 aromatic heterocycles. The number of carbonyl (C=O) groups is 3. The number of hydrogen-bond acceptors (Lipinski definition) is 8. The van der Waals surface area contributed by atoms with E-state index < -0.39 is 23.5 Å². The molecule has 0 aromatic carbocycles. The summed E-state index contributed by atoms with van der Waals surface area (Å²) in [5.74, 6) is -2.10. The molecule has 54 heavy (non-hydrogen) atoms. The van der Waals surface area contributed by atoms with Crippen LogP contribution in [0, 0.1) is 0 Å². The van der Waals surface area contributed by atoms with E-state index in [0.717, 1.165) is 51.5 Å². The van der Waals surface area contributed by atoms with Crippen LogP contribution in [0.25, 0.3) is 0 Å². The molecular weight excluding hydrogens is 677 g/mol. The highest BCUT2D eigenvalue weighted by Gasteiger charge is 2.52. The highest BCUT2D eigenvalue weighted by atomic mass is 16.4. The highest BCUT2D eigenvalue weighted by Crippen LogP contribution is 2.29. The fourth-order valence-electron chi connectivity index (χ4n) is 7.65. The minimum atomic E-state index is -1.82. The lowest BCUT2D eigenvalue weighted by atomic mass is 9.81. The van der Waals surface area contributed by atoms with Gasteiger partial charge in [0.1, 0.15) is 0 Å². The van der Waals surface area contributed by atoms with Gasteiger partial charge in [-0.3, -0.25) is 14.5 Å². The van der Waals surface area contributed by atoms with Crippen molar-refractivity contribution in [2.24, 2.45) is 17.2 Å². The van der Waals surface area contributed by atoms with Crippen molar-refractivity contribution in [3.63, 3.8) is 0 Å². The third-order valence-electron chi connectivity index (χ3n) is 11.1. The molecule has 0 fully saturated rings. The van der Waals surface area contributed by atoms with Gasteiger partial charge in [-0.1, -0.05) is 155 Å². The maximum Gasteiger partial charge on any atom is 0.331 e. The van der Waals surface area contributed by atoms with Crippen LogP contribution in [0.15, 0.2) is 0 Å². The molecule has 0 radical (unpaired) electrons. The zero-order valence-electron chi connectivity index (χ0n) is 35.6. The van der Waals surface area contributed by atoms with Gasteiger partial charge >= 0.3 is 5.97 Å². The largest absolute Gasteiger partial charge is 0.480 e. The maximum atomic E-state index is 14.8. The lowest BCUT2D eigenvalue weighted by molar-refractivity contribution is -0.160. The van der Waals surface area contributed by atoms with Crippen molar-refractivity contribution in [2.75, 3.05) is 45.8 Å². The molecule has 0 saturated carbocycles. The smallest absolute Gasteiger partial charge is 0.331 e. The molecule has 2 atom stereocenters. The van der Waals surface area contributed by atoms with Crippen LogP contribution >= 0.6 is 0 Å². The summed E-state index contributed by atoms with van der Waals surface area (Å²) in [6.45, 7) is 8.67. The van der Waals surface area contributed by atoms with Gasteiger partial charge in [-0.25, -0.2) is 4.79 Å². The van der Waals surface area contributed by atoms with Crippen molar-refractivity contribution in [1.29, 1.82) is 0 Å². The SMILES string of the molecule is CCCCCCCCCCCCCCN(CCCCCCCCCCCCCC)[C@@](CCC(N)=O)(C(=O)O)C(=O)[C@H](CCCNCCCN)NCCCN. The third kappa shape index (κ3) is 27.1. The first-order valence-corrected chi connectivity index (χ1v) is 23.0. The number of hydrogen-bond donors (Lipinski definition) is 6. The molecule has 0 aliphatic rings. The van der Waals surface area contributed by atoms with Gasteiger partial charge in [-0.15, -0.1) is 0 Å². The predicted molar refractivity (Wildman–Crippen MR) is 229 cm³/mol. The summed E-state index contributed by atoms with van der Waals surface area (Å²) < 4.78 is 0. The van der Waals surface area contributed by atoms with E-state index in [-0.39, 0.29) is 18.6 Å². The van der Waals surface area contributed by atoms with Gasteiger partial charge in [0, 0.05) is 6.42 Å². The quantitative estimate of drug-likeness (QED) is 0.0263. The number of carboxylic acids is 1. The first-order valence-electron chi connectivity index (χ1n) is 23.0. The number of rotatable bonds is 44. The van der Waals surface area contributed by atoms with Crippen molar-refractivity contribution in [2.45, 2.75) is 218 Å². The molecule has 10 nitrogen and oxygen atoms in total. The number of unbranched alkanes of at least 4 members (excludes halogenated alkanes) is 22. The Morgan fingerprint density at radius 1 is 0.574 bits per heavy atom. The molecule has 1 amide bonds. The molecule has 0 aromatic rings. The van der Waals surface area contributed by atoms with Crippen LogP contribution in [-0.2, 0) is 14.4 Å². The molecule has 9 N–H and O–H groups in total. The fraction of sp³-hybridized carbons (Fsp3) is 0.932. The average Bonchev–Trinajstić information content (AvgIpc) is 3.15. The molecule has 0 spiro atoms. The van der Waals surface area contributed by atoms with Crippen LogP contribution in [0.2, 0.25) is 0 Å². The van der Waals surface area contributed by atoms with E-state index in [1.165, 1.54) is 116 Å². The minimum Gasteiger partial charge on any atom is -0.480 e. The Kier molecular flexibility index (Phi) is 37.2. The fourth-order valence-corrected chi connectivity index (χ4v) is 7.65. The van der Waals surface area contributed by atoms with Crippen molar-refractivity contribution >= 4 is 17.7 Å². The summed E-state index contributed by atoms with van der Waals surface area (Å²) in [5, 5.41) is 17.8. The number of primary amides is 1. The van der Waals surface area contributed by atoms with Gasteiger partial charge in [-0.2, -0.15) is 0 Å². The van der Waals surface area contributed by atoms with E-state index in [1.807, 2.05) is 4.90 Å². The highest BCUT2D eigenvalue weighted by molar-refractivity contribution is 6.10. The number of amides is 1. The van der Waals surface area contributed by atoms with Gasteiger partial charge in [0.05, 0.1) is 6.04 Å². The van der Waals surface area contributed by atoms with E-state index in [9.17, 15) is 19.5 Å². The first-order chi connectivity index (χ1) is 26.3. The molecule has 0 heterocycles. The normalized spacial score (nSPS) is 13.4. The van der Waals surface area contributed by atoms with Gasteiger partial charge in [0.15, 0.2) is 11.3 Å². The van der Waals surface area contributed by atoms with Crippen molar-refractivity contribution in [3.05, 3.63) is 0 Å². The molecule has 0 unspecified atom stereocenters. The molecular formula is C44H90N6O4. The zero-order valence-corrected chi connectivity index (χ0v) is 35.6. The lowest BCUT2D eigenvalue weighted by Crippen LogP contribution is -2.65. The van der Waals surface area contributed by atoms with E-state index in [4.69, 9.17) is 17.2 Å². The third-order valence-corrected chi connectivity index (χ3v) is 11.1. The number of carboxylic acid groups (broad SMARTS) is 1. The standard InChI is InChI=1S/C44H90N6O4/c1-3-5-7-9-11-13-15-17-19-21-23-25-38-50(39-26-24-22-20-18-16-14-12-10-8-6-4-2)44(43(53)54,32-31-41(47)51)42(52)40(49-37-29-34-46)30-27-35-48-36-28-33-45/h40,48-49H,3-39,45-46H2,1-2H3,(H2,47,51)(H,53,54)/t40-,44+/m0/s1. The van der Waals surface area contributed by atoms with Crippen LogP contribution in [-0.4, -0.2) is 85.1 Å². The van der Waals surface area contributed by atoms with Gasteiger partial charge in [0.25, 0.3) is 0 Å². The first kappa shape index (κ1) is 52.4. The molecule has 0 bridgehead atoms. The van der Waals surface area contributed by atoms with Crippen molar-refractivity contribution < 1.29 is 19.5 Å². The molecule has 0 aliphatic carbocycles. The molecule has 0 saturated heterocycles. The molecule has 320 valence electrons. The number of carbonyl (C=O) groups excluding carboxylic acids is 2. The zero-order chi connectivity index (χ0) is 40.0. The molecule has 10 heteroatoms. The Morgan fingerprint density at radius 3 is 1.35 bits per heavy atom. The summed E-state index contributed by atoms with van der Waals surface area (Å²) >= 11 is 0.